The Kier molecular flexibility index (Phi) is 1.44. The molecule has 0 aromatic carbocycles. The van der Waals surface area contributed by atoms with Crippen molar-refractivity contribution in [1.82, 2.24) is 10.2 Å². The molecule has 0 unspecified atom stereocenters. The van der Waals surface area contributed by atoms with Crippen LogP contribution in [0.15, 0.2) is 24.9 Å². The zero-order chi connectivity index (χ0) is 6.69. The monoisotopic (exact) mass is 121 g/mol. The van der Waals surface area contributed by atoms with Crippen LogP contribution < -0.4 is 5.73 Å². The molecule has 0 spiro atoms. The SMILES string of the molecule is C=C(N)c1cccnn1. The average Bonchev–Trinajstić information content (AvgIpc) is 1.90. The van der Waals surface area contributed by atoms with E-state index in [-0.39, 0.29) is 0 Å². The molecule has 3 heteroatoms. The summed E-state index contributed by atoms with van der Waals surface area (Å²) < 4.78 is 0. The van der Waals surface area contributed by atoms with Crippen LogP contribution in [0.25, 0.3) is 5.70 Å². The van der Waals surface area contributed by atoms with Crippen LogP contribution in [0.2, 0.25) is 0 Å². The molecule has 0 aliphatic rings. The van der Waals surface area contributed by atoms with E-state index < -0.39 is 0 Å². The van der Waals surface area contributed by atoms with Gasteiger partial charge in [-0.05, 0) is 12.1 Å². The number of nitrogens with zero attached hydrogens (tertiary/aromatic N) is 2. The highest BCUT2D eigenvalue weighted by Crippen LogP contribution is 1.97. The molecule has 0 radical (unpaired) electrons. The third-order valence-electron chi connectivity index (χ3n) is 0.901. The van der Waals surface area contributed by atoms with Crippen LogP contribution in [0, 0.1) is 0 Å². The highest BCUT2D eigenvalue weighted by Gasteiger charge is 1.90. The van der Waals surface area contributed by atoms with Gasteiger partial charge in [0.15, 0.2) is 0 Å². The van der Waals surface area contributed by atoms with E-state index >= 15 is 0 Å². The van der Waals surface area contributed by atoms with Gasteiger partial charge in [0, 0.05) is 6.20 Å². The molecule has 46 valence electrons. The van der Waals surface area contributed by atoms with Crippen LogP contribution in [-0.4, -0.2) is 10.2 Å². The van der Waals surface area contributed by atoms with Crippen molar-refractivity contribution in [3.05, 3.63) is 30.6 Å². The summed E-state index contributed by atoms with van der Waals surface area (Å²) in [4.78, 5) is 0. The van der Waals surface area contributed by atoms with Gasteiger partial charge in [-0.1, -0.05) is 6.58 Å². The van der Waals surface area contributed by atoms with E-state index in [0.29, 0.717) is 11.4 Å². The van der Waals surface area contributed by atoms with E-state index in [4.69, 9.17) is 5.73 Å². The fourth-order valence-corrected chi connectivity index (χ4v) is 0.473. The van der Waals surface area contributed by atoms with Crippen LogP contribution in [0.3, 0.4) is 0 Å². The van der Waals surface area contributed by atoms with Crippen LogP contribution in [0.5, 0.6) is 0 Å². The predicted octanol–water partition coefficient (Wildman–Crippen LogP) is 0.406. The minimum Gasteiger partial charge on any atom is -0.397 e. The first-order valence-electron chi connectivity index (χ1n) is 2.53. The molecule has 0 amide bonds. The van der Waals surface area contributed by atoms with Crippen LogP contribution in [0.1, 0.15) is 5.69 Å². The Balaban J connectivity index is 2.98. The molecule has 0 atom stereocenters. The topological polar surface area (TPSA) is 51.8 Å². The summed E-state index contributed by atoms with van der Waals surface area (Å²) in [5, 5.41) is 7.32. The van der Waals surface area contributed by atoms with Crippen molar-refractivity contribution >= 4 is 5.70 Å². The maximum absolute atomic E-state index is 5.32. The average molecular weight is 121 g/mol. The summed E-state index contributed by atoms with van der Waals surface area (Å²) in [7, 11) is 0. The molecule has 1 aromatic rings. The van der Waals surface area contributed by atoms with Gasteiger partial charge < -0.3 is 5.73 Å². The van der Waals surface area contributed by atoms with Gasteiger partial charge in [-0.25, -0.2) is 0 Å². The molecule has 0 aliphatic heterocycles. The Morgan fingerprint density at radius 1 is 1.67 bits per heavy atom. The largest absolute Gasteiger partial charge is 0.397 e. The lowest BCUT2D eigenvalue weighted by atomic mass is 10.3. The maximum Gasteiger partial charge on any atom is 0.108 e. The first kappa shape index (κ1) is 5.75. The van der Waals surface area contributed by atoms with Crippen molar-refractivity contribution in [1.29, 1.82) is 0 Å². The van der Waals surface area contributed by atoms with E-state index in [1.165, 1.54) is 0 Å². The summed E-state index contributed by atoms with van der Waals surface area (Å²) in [6.07, 6.45) is 1.59. The second kappa shape index (κ2) is 2.26. The predicted molar refractivity (Wildman–Crippen MR) is 35.3 cm³/mol. The minimum atomic E-state index is 0.447. The van der Waals surface area contributed by atoms with Crippen LogP contribution in [-0.2, 0) is 0 Å². The minimum absolute atomic E-state index is 0.447. The normalized spacial score (nSPS) is 8.89. The van der Waals surface area contributed by atoms with Gasteiger partial charge in [0.25, 0.3) is 0 Å². The van der Waals surface area contributed by atoms with Crippen molar-refractivity contribution in [2.45, 2.75) is 0 Å². The lowest BCUT2D eigenvalue weighted by molar-refractivity contribution is 1.01. The molecule has 0 saturated heterocycles. The molecule has 0 aliphatic carbocycles. The first-order valence-corrected chi connectivity index (χ1v) is 2.53. The quantitative estimate of drug-likeness (QED) is 0.585. The van der Waals surface area contributed by atoms with Gasteiger partial charge in [0.1, 0.15) is 5.69 Å². The van der Waals surface area contributed by atoms with Gasteiger partial charge >= 0.3 is 0 Å². The Labute approximate surface area is 53.2 Å². The lowest BCUT2D eigenvalue weighted by Gasteiger charge is -1.92. The van der Waals surface area contributed by atoms with Gasteiger partial charge in [0.05, 0.1) is 5.70 Å². The molecule has 1 rings (SSSR count). The number of rotatable bonds is 1. The third-order valence-corrected chi connectivity index (χ3v) is 0.901. The van der Waals surface area contributed by atoms with Gasteiger partial charge in [0.2, 0.25) is 0 Å². The van der Waals surface area contributed by atoms with Gasteiger partial charge in [-0.2, -0.15) is 5.10 Å². The van der Waals surface area contributed by atoms with Crippen molar-refractivity contribution in [3.63, 3.8) is 0 Å². The Hall–Kier alpha value is -1.38. The molecule has 1 aromatic heterocycles. The van der Waals surface area contributed by atoms with Crippen LogP contribution in [0.4, 0.5) is 0 Å². The fourth-order valence-electron chi connectivity index (χ4n) is 0.473. The van der Waals surface area contributed by atoms with Crippen molar-refractivity contribution in [2.24, 2.45) is 5.73 Å². The molecular weight excluding hydrogens is 114 g/mol. The Bertz CT molecular complexity index is 205. The van der Waals surface area contributed by atoms with Crippen molar-refractivity contribution in [2.75, 3.05) is 0 Å². The van der Waals surface area contributed by atoms with Gasteiger partial charge in [-0.15, -0.1) is 5.10 Å². The van der Waals surface area contributed by atoms with Gasteiger partial charge in [-0.3, -0.25) is 0 Å². The summed E-state index contributed by atoms with van der Waals surface area (Å²) in [5.41, 5.74) is 6.40. The molecule has 0 bridgehead atoms. The number of aromatic nitrogens is 2. The summed E-state index contributed by atoms with van der Waals surface area (Å²) >= 11 is 0. The highest BCUT2D eigenvalue weighted by atomic mass is 15.1. The zero-order valence-electron chi connectivity index (χ0n) is 4.91. The fraction of sp³-hybridized carbons (Fsp3) is 0. The highest BCUT2D eigenvalue weighted by molar-refractivity contribution is 5.55. The van der Waals surface area contributed by atoms with Crippen molar-refractivity contribution < 1.29 is 0 Å². The number of hydrogen-bond donors (Lipinski definition) is 1. The van der Waals surface area contributed by atoms with E-state index in [1.54, 1.807) is 18.3 Å². The molecule has 3 nitrogen and oxygen atoms in total. The van der Waals surface area contributed by atoms with E-state index in [9.17, 15) is 0 Å². The Morgan fingerprint density at radius 2 is 2.44 bits per heavy atom. The van der Waals surface area contributed by atoms with E-state index in [0.717, 1.165) is 0 Å². The van der Waals surface area contributed by atoms with Crippen molar-refractivity contribution in [3.8, 4) is 0 Å². The first-order chi connectivity index (χ1) is 4.30. The summed E-state index contributed by atoms with van der Waals surface area (Å²) in [6, 6.07) is 3.52. The standard InChI is InChI=1S/C6H7N3/c1-5(7)6-3-2-4-8-9-6/h2-4H,1,7H2. The molecule has 2 N–H and O–H groups in total. The number of hydrogen-bond acceptors (Lipinski definition) is 3. The Morgan fingerprint density at radius 3 is 2.78 bits per heavy atom. The van der Waals surface area contributed by atoms with Crippen LogP contribution >= 0.6 is 0 Å². The molecule has 1 heterocycles. The molecule has 9 heavy (non-hydrogen) atoms. The van der Waals surface area contributed by atoms with E-state index in [1.807, 2.05) is 0 Å². The maximum atomic E-state index is 5.32. The number of nitrogens with two attached hydrogens (primary N) is 1. The van der Waals surface area contributed by atoms with E-state index in [2.05, 4.69) is 16.8 Å². The third kappa shape index (κ3) is 1.25. The molecule has 0 fully saturated rings. The zero-order valence-corrected chi connectivity index (χ0v) is 4.91. The molecular formula is C6H7N3. The lowest BCUT2D eigenvalue weighted by Crippen LogP contribution is -1.97. The molecule has 0 saturated carbocycles. The summed E-state index contributed by atoms with van der Waals surface area (Å²) in [6.45, 7) is 3.50. The smallest absolute Gasteiger partial charge is 0.108 e. The second-order valence-electron chi connectivity index (χ2n) is 1.63. The summed E-state index contributed by atoms with van der Waals surface area (Å²) in [5.74, 6) is 0. The second-order valence-corrected chi connectivity index (χ2v) is 1.63.